The molecule has 1 aromatic heterocycles. The van der Waals surface area contributed by atoms with Gasteiger partial charge in [-0.3, -0.25) is 5.10 Å². The van der Waals surface area contributed by atoms with Gasteiger partial charge in [0.1, 0.15) is 11.4 Å². The molecule has 0 saturated heterocycles. The number of aryl methyl sites for hydroxylation is 1. The Morgan fingerprint density at radius 2 is 2.00 bits per heavy atom. The fourth-order valence-corrected chi connectivity index (χ4v) is 3.42. The molecular formula is C9H15F3N4O2S. The van der Waals surface area contributed by atoms with Gasteiger partial charge in [0.25, 0.3) is 0 Å². The molecule has 0 unspecified atom stereocenters. The number of aromatic amines is 1. The first-order valence-electron chi connectivity index (χ1n) is 5.44. The van der Waals surface area contributed by atoms with Gasteiger partial charge in [-0.15, -0.1) is 0 Å². The normalized spacial score (nSPS) is 13.2. The molecule has 1 heterocycles. The highest BCUT2D eigenvalue weighted by Gasteiger charge is 2.38. The molecule has 1 rings (SSSR count). The lowest BCUT2D eigenvalue weighted by atomic mass is 10.4. The molecule has 3 N–H and O–H groups in total. The quantitative estimate of drug-likeness (QED) is 0.839. The van der Waals surface area contributed by atoms with Crippen LogP contribution in [0, 0.1) is 6.92 Å². The van der Waals surface area contributed by atoms with Crippen molar-refractivity contribution in [2.24, 2.45) is 5.73 Å². The molecule has 0 aromatic carbocycles. The lowest BCUT2D eigenvalue weighted by molar-refractivity contribution is -0.135. The lowest BCUT2D eigenvalue weighted by Gasteiger charge is -2.22. The minimum Gasteiger partial charge on any atom is -0.325 e. The Bertz CT molecular complexity index is 538. The maximum atomic E-state index is 12.4. The van der Waals surface area contributed by atoms with Gasteiger partial charge >= 0.3 is 6.18 Å². The highest BCUT2D eigenvalue weighted by molar-refractivity contribution is 7.89. The standard InChI is InChI=1S/C9H15F3N4O2S/c1-3-16(5-9(10,11)12)19(17,18)8-6(2)14-15-7(8)4-13/h3-5,13H2,1-2H3,(H,14,15). The van der Waals surface area contributed by atoms with E-state index >= 15 is 0 Å². The van der Waals surface area contributed by atoms with Crippen molar-refractivity contribution in [3.63, 3.8) is 0 Å². The van der Waals surface area contributed by atoms with Crippen LogP contribution in [0.4, 0.5) is 13.2 Å². The second-order valence-electron chi connectivity index (χ2n) is 3.87. The minimum atomic E-state index is -4.61. The second-order valence-corrected chi connectivity index (χ2v) is 5.75. The Balaban J connectivity index is 3.25. The maximum absolute atomic E-state index is 12.4. The van der Waals surface area contributed by atoms with Crippen LogP contribution >= 0.6 is 0 Å². The van der Waals surface area contributed by atoms with E-state index in [1.54, 1.807) is 0 Å². The highest BCUT2D eigenvalue weighted by atomic mass is 32.2. The molecule has 0 aliphatic heterocycles. The van der Waals surface area contributed by atoms with E-state index in [4.69, 9.17) is 5.73 Å². The zero-order chi connectivity index (χ0) is 14.8. The summed E-state index contributed by atoms with van der Waals surface area (Å²) in [6.07, 6.45) is -4.61. The zero-order valence-electron chi connectivity index (χ0n) is 10.5. The molecule has 6 nitrogen and oxygen atoms in total. The van der Waals surface area contributed by atoms with Gasteiger partial charge in [-0.1, -0.05) is 6.92 Å². The monoisotopic (exact) mass is 300 g/mol. The van der Waals surface area contributed by atoms with E-state index in [0.29, 0.717) is 4.31 Å². The van der Waals surface area contributed by atoms with E-state index in [9.17, 15) is 21.6 Å². The molecule has 0 atom stereocenters. The second kappa shape index (κ2) is 5.47. The molecule has 0 aliphatic carbocycles. The molecule has 0 spiro atoms. The number of aromatic nitrogens is 2. The third-order valence-electron chi connectivity index (χ3n) is 2.46. The van der Waals surface area contributed by atoms with Crippen LogP contribution in [0.2, 0.25) is 0 Å². The summed E-state index contributed by atoms with van der Waals surface area (Å²) < 4.78 is 62.0. The first-order chi connectivity index (χ1) is 8.63. The fourth-order valence-electron chi connectivity index (χ4n) is 1.65. The molecule has 1 aromatic rings. The molecule has 19 heavy (non-hydrogen) atoms. The van der Waals surface area contributed by atoms with E-state index in [2.05, 4.69) is 10.2 Å². The maximum Gasteiger partial charge on any atom is 0.402 e. The number of nitrogens with two attached hydrogens (primary N) is 1. The third kappa shape index (κ3) is 3.45. The average molecular weight is 300 g/mol. The summed E-state index contributed by atoms with van der Waals surface area (Å²) in [4.78, 5) is -0.277. The number of sulfonamides is 1. The number of hydrogen-bond acceptors (Lipinski definition) is 4. The van der Waals surface area contributed by atoms with Crippen LogP contribution in [0.3, 0.4) is 0 Å². The van der Waals surface area contributed by atoms with Gasteiger partial charge in [0.2, 0.25) is 10.0 Å². The predicted octanol–water partition coefficient (Wildman–Crippen LogP) is 0.750. The Morgan fingerprint density at radius 3 is 2.42 bits per heavy atom. The van der Waals surface area contributed by atoms with Crippen LogP contribution in [0.25, 0.3) is 0 Å². The number of nitrogens with one attached hydrogen (secondary N) is 1. The molecule has 0 radical (unpaired) electrons. The Morgan fingerprint density at radius 1 is 1.42 bits per heavy atom. The summed E-state index contributed by atoms with van der Waals surface area (Å²) in [6, 6.07) is 0. The molecule has 110 valence electrons. The van der Waals surface area contributed by atoms with Crippen LogP contribution in [0.1, 0.15) is 18.3 Å². The van der Waals surface area contributed by atoms with E-state index in [0.717, 1.165) is 0 Å². The number of hydrogen-bond donors (Lipinski definition) is 2. The summed E-state index contributed by atoms with van der Waals surface area (Å²) in [6.45, 7) is 0.737. The van der Waals surface area contributed by atoms with Crippen molar-refractivity contribution in [1.82, 2.24) is 14.5 Å². The average Bonchev–Trinajstić information content (AvgIpc) is 2.66. The van der Waals surface area contributed by atoms with Crippen molar-refractivity contribution in [3.8, 4) is 0 Å². The first-order valence-corrected chi connectivity index (χ1v) is 6.88. The molecule has 0 aliphatic rings. The summed E-state index contributed by atoms with van der Waals surface area (Å²) in [5, 5.41) is 6.10. The number of halogens is 3. The van der Waals surface area contributed by atoms with Crippen molar-refractivity contribution in [2.75, 3.05) is 13.1 Å². The zero-order valence-corrected chi connectivity index (χ0v) is 11.3. The summed E-state index contributed by atoms with van der Waals surface area (Å²) >= 11 is 0. The topological polar surface area (TPSA) is 92.1 Å². The Kier molecular flexibility index (Phi) is 4.59. The number of nitrogens with zero attached hydrogens (tertiary/aromatic N) is 2. The van der Waals surface area contributed by atoms with Crippen LogP contribution in [-0.4, -0.2) is 42.2 Å². The van der Waals surface area contributed by atoms with Crippen LogP contribution in [0.15, 0.2) is 4.90 Å². The smallest absolute Gasteiger partial charge is 0.325 e. The third-order valence-corrected chi connectivity index (χ3v) is 4.59. The van der Waals surface area contributed by atoms with Crippen molar-refractivity contribution in [3.05, 3.63) is 11.4 Å². The Hall–Kier alpha value is -1.13. The van der Waals surface area contributed by atoms with E-state index in [-0.39, 0.29) is 29.4 Å². The van der Waals surface area contributed by atoms with Gasteiger partial charge in [0.05, 0.1) is 11.4 Å². The van der Waals surface area contributed by atoms with Crippen molar-refractivity contribution in [2.45, 2.75) is 31.5 Å². The van der Waals surface area contributed by atoms with Gasteiger partial charge in [-0.05, 0) is 6.92 Å². The molecule has 0 bridgehead atoms. The number of rotatable bonds is 5. The predicted molar refractivity (Wildman–Crippen MR) is 61.7 cm³/mol. The highest BCUT2D eigenvalue weighted by Crippen LogP contribution is 2.25. The number of H-pyrrole nitrogens is 1. The SMILES string of the molecule is CCN(CC(F)(F)F)S(=O)(=O)c1c(CN)n[nH]c1C. The van der Waals surface area contributed by atoms with Crippen molar-refractivity contribution in [1.29, 1.82) is 0 Å². The lowest BCUT2D eigenvalue weighted by Crippen LogP contribution is -2.39. The molecule has 0 saturated carbocycles. The Labute approximate surface area is 108 Å². The number of alkyl halides is 3. The van der Waals surface area contributed by atoms with Crippen molar-refractivity contribution < 1.29 is 21.6 Å². The minimum absolute atomic E-state index is 0.0260. The van der Waals surface area contributed by atoms with Crippen LogP contribution < -0.4 is 5.73 Å². The van der Waals surface area contributed by atoms with Crippen LogP contribution in [0.5, 0.6) is 0 Å². The molecule has 0 fully saturated rings. The van der Waals surface area contributed by atoms with Gasteiger partial charge in [-0.25, -0.2) is 8.42 Å². The van der Waals surface area contributed by atoms with E-state index in [1.165, 1.54) is 13.8 Å². The van der Waals surface area contributed by atoms with E-state index < -0.39 is 22.7 Å². The van der Waals surface area contributed by atoms with Gasteiger partial charge in [-0.2, -0.15) is 22.6 Å². The van der Waals surface area contributed by atoms with Gasteiger partial charge in [0.15, 0.2) is 0 Å². The molecular weight excluding hydrogens is 285 g/mol. The summed E-state index contributed by atoms with van der Waals surface area (Å²) in [7, 11) is -4.27. The van der Waals surface area contributed by atoms with Gasteiger partial charge in [0, 0.05) is 13.1 Å². The molecule has 10 heteroatoms. The molecule has 0 amide bonds. The van der Waals surface area contributed by atoms with Gasteiger partial charge < -0.3 is 5.73 Å². The summed E-state index contributed by atoms with van der Waals surface area (Å²) in [5.74, 6) is 0. The largest absolute Gasteiger partial charge is 0.402 e. The van der Waals surface area contributed by atoms with Crippen LogP contribution in [-0.2, 0) is 16.6 Å². The fraction of sp³-hybridized carbons (Fsp3) is 0.667. The van der Waals surface area contributed by atoms with Crippen molar-refractivity contribution >= 4 is 10.0 Å². The van der Waals surface area contributed by atoms with E-state index in [1.807, 2.05) is 0 Å². The first kappa shape index (κ1) is 15.9. The summed E-state index contributed by atoms with van der Waals surface area (Å²) in [5.41, 5.74) is 5.54.